The summed E-state index contributed by atoms with van der Waals surface area (Å²) in [6.07, 6.45) is 0. The molecule has 0 heterocycles. The number of amides is 1. The molecule has 0 radical (unpaired) electrons. The Kier molecular flexibility index (Phi) is 5.90. The Balaban J connectivity index is 2.03. The Morgan fingerprint density at radius 2 is 1.81 bits per heavy atom. The molecule has 2 rings (SSSR count). The number of benzene rings is 2. The van der Waals surface area contributed by atoms with Gasteiger partial charge in [-0.3, -0.25) is 14.9 Å². The largest absolute Gasteiger partial charge is 0.452 e. The summed E-state index contributed by atoms with van der Waals surface area (Å²) in [6.45, 7) is 3.22. The Bertz CT molecular complexity index is 844. The van der Waals surface area contributed by atoms with Gasteiger partial charge in [0.1, 0.15) is 5.69 Å². The number of anilines is 2. The fourth-order valence-corrected chi connectivity index (χ4v) is 2.42. The number of hydrogen-bond acceptors (Lipinski definition) is 6. The molecule has 0 fully saturated rings. The van der Waals surface area contributed by atoms with Gasteiger partial charge in [0.2, 0.25) is 0 Å². The predicted molar refractivity (Wildman–Crippen MR) is 97.5 cm³/mol. The molecule has 0 saturated carbocycles. The van der Waals surface area contributed by atoms with E-state index in [4.69, 9.17) is 4.74 Å². The van der Waals surface area contributed by atoms with Crippen molar-refractivity contribution >= 4 is 28.9 Å². The zero-order chi connectivity index (χ0) is 19.3. The molecule has 26 heavy (non-hydrogen) atoms. The lowest BCUT2D eigenvalue weighted by molar-refractivity contribution is -0.384. The number of nitrogens with one attached hydrogen (secondary N) is 2. The number of nitro benzene ring substituents is 1. The maximum Gasteiger partial charge on any atom is 0.338 e. The number of hydrogen-bond donors (Lipinski definition) is 2. The summed E-state index contributed by atoms with van der Waals surface area (Å²) in [5, 5.41) is 16.4. The Hall–Kier alpha value is -3.42. The topological polar surface area (TPSA) is 111 Å². The van der Waals surface area contributed by atoms with E-state index in [1.165, 1.54) is 19.2 Å². The number of rotatable bonds is 6. The van der Waals surface area contributed by atoms with E-state index < -0.39 is 23.4 Å². The molecule has 8 nitrogen and oxygen atoms in total. The maximum absolute atomic E-state index is 12.1. The molecule has 0 aliphatic heterocycles. The van der Waals surface area contributed by atoms with Gasteiger partial charge in [-0.05, 0) is 37.1 Å². The second-order valence-corrected chi connectivity index (χ2v) is 5.63. The summed E-state index contributed by atoms with van der Waals surface area (Å²) >= 11 is 0. The van der Waals surface area contributed by atoms with Gasteiger partial charge in [-0.2, -0.15) is 0 Å². The van der Waals surface area contributed by atoms with Crippen molar-refractivity contribution in [1.29, 1.82) is 0 Å². The smallest absolute Gasteiger partial charge is 0.338 e. The van der Waals surface area contributed by atoms with Crippen molar-refractivity contribution in [1.82, 2.24) is 0 Å². The van der Waals surface area contributed by atoms with Crippen molar-refractivity contribution in [2.24, 2.45) is 0 Å². The summed E-state index contributed by atoms with van der Waals surface area (Å²) in [4.78, 5) is 34.5. The minimum absolute atomic E-state index is 0.00410. The average Bonchev–Trinajstić information content (AvgIpc) is 2.62. The highest BCUT2D eigenvalue weighted by Crippen LogP contribution is 2.25. The second kappa shape index (κ2) is 8.11. The molecular formula is C18H19N3O5. The monoisotopic (exact) mass is 357 g/mol. The number of ether oxygens (including phenoxy) is 1. The van der Waals surface area contributed by atoms with Crippen LogP contribution < -0.4 is 10.6 Å². The van der Waals surface area contributed by atoms with Crippen molar-refractivity contribution in [2.45, 2.75) is 13.8 Å². The Labute approximate surface area is 150 Å². The number of carbonyl (C=O) groups is 2. The standard InChI is InChI=1S/C18H19N3O5/c1-11-5-4-6-12(2)17(11)20-16(22)10-26-18(23)13-7-8-14(19-3)15(9-13)21(24)25/h4-9,19H,10H2,1-3H3,(H,20,22). The van der Waals surface area contributed by atoms with Crippen LogP contribution in [0.5, 0.6) is 0 Å². The Morgan fingerprint density at radius 3 is 2.38 bits per heavy atom. The van der Waals surface area contributed by atoms with Gasteiger partial charge >= 0.3 is 5.97 Å². The molecule has 0 aromatic heterocycles. The molecule has 2 aromatic carbocycles. The van der Waals surface area contributed by atoms with Crippen LogP contribution in [0, 0.1) is 24.0 Å². The number of nitrogens with zero attached hydrogens (tertiary/aromatic N) is 1. The lowest BCUT2D eigenvalue weighted by Gasteiger charge is -2.11. The normalized spacial score (nSPS) is 10.1. The highest BCUT2D eigenvalue weighted by Gasteiger charge is 2.18. The molecule has 0 bridgehead atoms. The predicted octanol–water partition coefficient (Wildman–Crippen LogP) is 3.05. The van der Waals surface area contributed by atoms with E-state index in [2.05, 4.69) is 10.6 Å². The lowest BCUT2D eigenvalue weighted by Crippen LogP contribution is -2.22. The second-order valence-electron chi connectivity index (χ2n) is 5.63. The van der Waals surface area contributed by atoms with Crippen LogP contribution in [0.15, 0.2) is 36.4 Å². The van der Waals surface area contributed by atoms with Crippen molar-refractivity contribution < 1.29 is 19.2 Å². The van der Waals surface area contributed by atoms with Gasteiger partial charge < -0.3 is 15.4 Å². The highest BCUT2D eigenvalue weighted by molar-refractivity contribution is 5.97. The summed E-state index contributed by atoms with van der Waals surface area (Å²) in [5.41, 5.74) is 2.48. The Morgan fingerprint density at radius 1 is 1.15 bits per heavy atom. The molecule has 0 spiro atoms. The van der Waals surface area contributed by atoms with Crippen LogP contribution in [-0.4, -0.2) is 30.5 Å². The molecule has 8 heteroatoms. The van der Waals surface area contributed by atoms with Gasteiger partial charge in [-0.15, -0.1) is 0 Å². The van der Waals surface area contributed by atoms with Gasteiger partial charge in [0, 0.05) is 18.8 Å². The van der Waals surface area contributed by atoms with E-state index in [0.29, 0.717) is 5.69 Å². The first-order valence-electron chi connectivity index (χ1n) is 7.83. The van der Waals surface area contributed by atoms with Crippen LogP contribution in [0.3, 0.4) is 0 Å². The summed E-state index contributed by atoms with van der Waals surface area (Å²) in [6, 6.07) is 9.50. The van der Waals surface area contributed by atoms with Crippen molar-refractivity contribution in [3.8, 4) is 0 Å². The summed E-state index contributed by atoms with van der Waals surface area (Å²) < 4.78 is 4.96. The molecule has 136 valence electrons. The van der Waals surface area contributed by atoms with Crippen LogP contribution in [-0.2, 0) is 9.53 Å². The van der Waals surface area contributed by atoms with Crippen molar-refractivity contribution in [3.05, 3.63) is 63.2 Å². The first-order chi connectivity index (χ1) is 12.3. The maximum atomic E-state index is 12.1. The van der Waals surface area contributed by atoms with E-state index >= 15 is 0 Å². The van der Waals surface area contributed by atoms with Crippen LogP contribution in [0.1, 0.15) is 21.5 Å². The lowest BCUT2D eigenvalue weighted by atomic mass is 10.1. The third-order valence-corrected chi connectivity index (χ3v) is 3.78. The molecule has 0 saturated heterocycles. The van der Waals surface area contributed by atoms with Gasteiger partial charge in [0.15, 0.2) is 6.61 Å². The van der Waals surface area contributed by atoms with Crippen LogP contribution >= 0.6 is 0 Å². The highest BCUT2D eigenvalue weighted by atomic mass is 16.6. The molecular weight excluding hydrogens is 338 g/mol. The van der Waals surface area contributed by atoms with Crippen LogP contribution in [0.25, 0.3) is 0 Å². The third-order valence-electron chi connectivity index (χ3n) is 3.78. The van der Waals surface area contributed by atoms with E-state index in [0.717, 1.165) is 17.2 Å². The van der Waals surface area contributed by atoms with Gasteiger partial charge in [0.05, 0.1) is 10.5 Å². The summed E-state index contributed by atoms with van der Waals surface area (Å²) in [7, 11) is 1.54. The van der Waals surface area contributed by atoms with Crippen molar-refractivity contribution in [2.75, 3.05) is 24.3 Å². The van der Waals surface area contributed by atoms with Gasteiger partial charge in [-0.25, -0.2) is 4.79 Å². The first-order valence-corrected chi connectivity index (χ1v) is 7.83. The summed E-state index contributed by atoms with van der Waals surface area (Å²) in [5.74, 6) is -1.30. The van der Waals surface area contributed by atoms with E-state index in [1.807, 2.05) is 32.0 Å². The number of nitro groups is 1. The van der Waals surface area contributed by atoms with E-state index in [-0.39, 0.29) is 16.9 Å². The molecule has 2 aromatic rings. The quantitative estimate of drug-likeness (QED) is 0.467. The first kappa shape index (κ1) is 18.9. The van der Waals surface area contributed by atoms with Crippen LogP contribution in [0.4, 0.5) is 17.1 Å². The number of aryl methyl sites for hydroxylation is 2. The van der Waals surface area contributed by atoms with E-state index in [1.54, 1.807) is 0 Å². The van der Waals surface area contributed by atoms with Crippen molar-refractivity contribution in [3.63, 3.8) is 0 Å². The third kappa shape index (κ3) is 4.35. The molecule has 1 amide bonds. The zero-order valence-electron chi connectivity index (χ0n) is 14.7. The molecule has 0 aliphatic rings. The molecule has 0 atom stereocenters. The van der Waals surface area contributed by atoms with Gasteiger partial charge in [0.25, 0.3) is 11.6 Å². The number of carbonyl (C=O) groups excluding carboxylic acids is 2. The minimum Gasteiger partial charge on any atom is -0.452 e. The molecule has 0 unspecified atom stereocenters. The number of para-hydroxylation sites is 1. The zero-order valence-corrected chi connectivity index (χ0v) is 14.7. The van der Waals surface area contributed by atoms with E-state index in [9.17, 15) is 19.7 Å². The minimum atomic E-state index is -0.813. The average molecular weight is 357 g/mol. The SMILES string of the molecule is CNc1ccc(C(=O)OCC(=O)Nc2c(C)cccc2C)cc1[N+](=O)[O-]. The fourth-order valence-electron chi connectivity index (χ4n) is 2.42. The number of esters is 1. The van der Waals surface area contributed by atoms with Crippen LogP contribution in [0.2, 0.25) is 0 Å². The molecule has 0 aliphatic carbocycles. The van der Waals surface area contributed by atoms with Gasteiger partial charge in [-0.1, -0.05) is 18.2 Å². The fraction of sp³-hybridized carbons (Fsp3) is 0.222. The molecule has 2 N–H and O–H groups in total.